The van der Waals surface area contributed by atoms with E-state index < -0.39 is 0 Å². The van der Waals surface area contributed by atoms with Crippen molar-refractivity contribution >= 4 is 23.2 Å². The predicted molar refractivity (Wildman–Crippen MR) is 147 cm³/mol. The van der Waals surface area contributed by atoms with Crippen LogP contribution in [0.2, 0.25) is 0 Å². The summed E-state index contributed by atoms with van der Waals surface area (Å²) < 4.78 is 6.92. The lowest BCUT2D eigenvalue weighted by molar-refractivity contribution is -0.144. The van der Waals surface area contributed by atoms with E-state index >= 15 is 0 Å². The third-order valence-electron chi connectivity index (χ3n) is 6.50. The van der Waals surface area contributed by atoms with Gasteiger partial charge in [0.25, 0.3) is 0 Å². The van der Waals surface area contributed by atoms with Crippen LogP contribution in [-0.2, 0) is 14.3 Å². The molecule has 0 spiro atoms. The second-order valence-electron chi connectivity index (χ2n) is 9.88. The van der Waals surface area contributed by atoms with Crippen LogP contribution in [0.25, 0.3) is 17.0 Å². The minimum Gasteiger partial charge on any atom is -0.466 e. The number of nitrogens with zero attached hydrogens (tertiary/aromatic N) is 3. The lowest BCUT2D eigenvalue weighted by atomic mass is 10.1. The topological polar surface area (TPSA) is 101 Å². The average Bonchev–Trinajstić information content (AvgIpc) is 3.43. The van der Waals surface area contributed by atoms with Gasteiger partial charge in [-0.2, -0.15) is 4.63 Å². The Kier molecular flexibility index (Phi) is 12.2. The molecule has 1 amide bonds. The minimum absolute atomic E-state index is 0.0895. The van der Waals surface area contributed by atoms with Crippen molar-refractivity contribution in [2.75, 3.05) is 11.9 Å². The molecule has 0 aliphatic heterocycles. The van der Waals surface area contributed by atoms with Crippen molar-refractivity contribution in [2.24, 2.45) is 0 Å². The number of hydrogen-bond donors (Lipinski definition) is 2. The highest BCUT2D eigenvalue weighted by Gasteiger charge is 2.11. The number of ether oxygens (including phenoxy) is 1. The molecule has 8 heteroatoms. The molecular weight excluding hydrogens is 466 g/mol. The van der Waals surface area contributed by atoms with Gasteiger partial charge in [-0.1, -0.05) is 77.6 Å². The summed E-state index contributed by atoms with van der Waals surface area (Å²) in [6.07, 6.45) is 15.5. The summed E-state index contributed by atoms with van der Waals surface area (Å²) in [7, 11) is 0. The summed E-state index contributed by atoms with van der Waals surface area (Å²) in [5, 5.41) is 10.3. The lowest BCUT2D eigenvalue weighted by Gasteiger charge is -2.07. The van der Waals surface area contributed by atoms with Gasteiger partial charge in [0.05, 0.1) is 13.0 Å². The number of unbranched alkanes of at least 4 members (excludes halogenated alkanes) is 11. The van der Waals surface area contributed by atoms with Crippen LogP contribution in [0.3, 0.4) is 0 Å². The number of carbonyl (C=O) groups is 2. The van der Waals surface area contributed by atoms with Crippen LogP contribution in [-0.4, -0.2) is 38.3 Å². The number of hydrogen-bond acceptors (Lipinski definition) is 5. The summed E-state index contributed by atoms with van der Waals surface area (Å²) in [5.41, 5.74) is 3.27. The molecule has 0 aliphatic carbocycles. The Hall–Kier alpha value is -3.16. The van der Waals surface area contributed by atoms with Crippen molar-refractivity contribution < 1.29 is 14.3 Å². The molecule has 202 valence electrons. The first kappa shape index (κ1) is 28.4. The molecule has 0 bridgehead atoms. The third-order valence-corrected chi connectivity index (χ3v) is 6.50. The lowest BCUT2D eigenvalue weighted by Crippen LogP contribution is -2.14. The zero-order valence-corrected chi connectivity index (χ0v) is 22.6. The van der Waals surface area contributed by atoms with E-state index in [0.717, 1.165) is 29.7 Å². The number of esters is 1. The number of amides is 1. The smallest absolute Gasteiger partial charge is 0.306 e. The largest absolute Gasteiger partial charge is 0.466 e. The SMILES string of the molecule is CCCCCCCCCCCCCCOC(=O)CCC(=O)Nc1ccc(-c2nc3cc(C)[nH]n3n2)cc1. The van der Waals surface area contributed by atoms with Gasteiger partial charge in [-0.25, -0.2) is 4.98 Å². The van der Waals surface area contributed by atoms with Crippen LogP contribution in [0.15, 0.2) is 30.3 Å². The number of anilines is 1. The van der Waals surface area contributed by atoms with E-state index in [2.05, 4.69) is 27.4 Å². The number of nitrogens with one attached hydrogen (secondary N) is 2. The van der Waals surface area contributed by atoms with Crippen molar-refractivity contribution in [1.82, 2.24) is 19.8 Å². The van der Waals surface area contributed by atoms with Crippen LogP contribution in [0, 0.1) is 6.92 Å². The molecule has 2 aromatic heterocycles. The number of aromatic nitrogens is 4. The van der Waals surface area contributed by atoms with E-state index in [0.29, 0.717) is 18.1 Å². The molecule has 0 aliphatic rings. The van der Waals surface area contributed by atoms with Gasteiger partial charge in [-0.15, -0.1) is 5.10 Å². The molecule has 0 saturated heterocycles. The van der Waals surface area contributed by atoms with Crippen LogP contribution < -0.4 is 5.32 Å². The maximum atomic E-state index is 12.2. The Morgan fingerprint density at radius 1 is 0.892 bits per heavy atom. The molecule has 3 aromatic rings. The van der Waals surface area contributed by atoms with Crippen molar-refractivity contribution in [3.05, 3.63) is 36.0 Å². The summed E-state index contributed by atoms with van der Waals surface area (Å²) >= 11 is 0. The first-order valence-electron chi connectivity index (χ1n) is 14.0. The number of aromatic amines is 1. The van der Waals surface area contributed by atoms with E-state index in [1.165, 1.54) is 64.2 Å². The zero-order valence-electron chi connectivity index (χ0n) is 22.6. The fourth-order valence-corrected chi connectivity index (χ4v) is 4.36. The van der Waals surface area contributed by atoms with Crippen molar-refractivity contribution in [3.63, 3.8) is 0 Å². The highest BCUT2D eigenvalue weighted by Crippen LogP contribution is 2.19. The minimum atomic E-state index is -0.314. The summed E-state index contributed by atoms with van der Waals surface area (Å²) in [4.78, 5) is 28.7. The average molecular weight is 510 g/mol. The van der Waals surface area contributed by atoms with Crippen LogP contribution in [0.5, 0.6) is 0 Å². The van der Waals surface area contributed by atoms with Gasteiger partial charge in [0.2, 0.25) is 5.91 Å². The van der Waals surface area contributed by atoms with Gasteiger partial charge in [-0.3, -0.25) is 14.7 Å². The molecule has 37 heavy (non-hydrogen) atoms. The van der Waals surface area contributed by atoms with Gasteiger partial charge in [-0.05, 0) is 37.6 Å². The molecule has 8 nitrogen and oxygen atoms in total. The maximum absolute atomic E-state index is 12.2. The van der Waals surface area contributed by atoms with Gasteiger partial charge in [0.1, 0.15) is 0 Å². The molecule has 0 fully saturated rings. The van der Waals surface area contributed by atoms with Crippen LogP contribution >= 0.6 is 0 Å². The molecule has 0 saturated carbocycles. The summed E-state index contributed by atoms with van der Waals surface area (Å²) in [6.45, 7) is 4.65. The summed E-state index contributed by atoms with van der Waals surface area (Å²) in [5.74, 6) is 0.0874. The van der Waals surface area contributed by atoms with Crippen molar-refractivity contribution in [1.29, 1.82) is 0 Å². The molecular formula is C29H43N5O3. The Balaban J connectivity index is 1.20. The Bertz CT molecular complexity index is 1060. The van der Waals surface area contributed by atoms with Gasteiger partial charge in [0, 0.05) is 29.4 Å². The van der Waals surface area contributed by atoms with E-state index in [4.69, 9.17) is 4.74 Å². The van der Waals surface area contributed by atoms with Crippen LogP contribution in [0.1, 0.15) is 103 Å². The first-order valence-corrected chi connectivity index (χ1v) is 14.0. The van der Waals surface area contributed by atoms with Crippen LogP contribution in [0.4, 0.5) is 5.69 Å². The molecule has 0 atom stereocenters. The number of benzene rings is 1. The Labute approximate surface area is 220 Å². The fraction of sp³-hybridized carbons (Fsp3) is 0.586. The zero-order chi connectivity index (χ0) is 26.3. The standard InChI is InChI=1S/C29H43N5O3/c1-3-4-5-6-7-8-9-10-11-12-13-14-21-37-28(36)20-19-27(35)30-25-17-15-24(16-18-25)29-31-26-22-23(2)32-34(26)33-29/h15-18,22,32H,3-14,19-21H2,1-2H3,(H,30,35). The van der Waals surface area contributed by atoms with E-state index in [1.807, 2.05) is 25.1 Å². The number of H-pyrrole nitrogens is 1. The van der Waals surface area contributed by atoms with E-state index in [-0.39, 0.29) is 24.7 Å². The normalized spacial score (nSPS) is 11.2. The molecule has 2 N–H and O–H groups in total. The third kappa shape index (κ3) is 10.4. The second kappa shape index (κ2) is 15.8. The quantitative estimate of drug-likeness (QED) is 0.142. The second-order valence-corrected chi connectivity index (χ2v) is 9.88. The van der Waals surface area contributed by atoms with E-state index in [1.54, 1.807) is 16.8 Å². The maximum Gasteiger partial charge on any atom is 0.306 e. The van der Waals surface area contributed by atoms with Crippen molar-refractivity contribution in [3.8, 4) is 11.4 Å². The Morgan fingerprint density at radius 2 is 1.51 bits per heavy atom. The molecule has 0 unspecified atom stereocenters. The predicted octanol–water partition coefficient (Wildman–Crippen LogP) is 7.00. The fourth-order valence-electron chi connectivity index (χ4n) is 4.36. The summed E-state index contributed by atoms with van der Waals surface area (Å²) in [6, 6.07) is 9.26. The monoisotopic (exact) mass is 509 g/mol. The van der Waals surface area contributed by atoms with Gasteiger partial charge >= 0.3 is 5.97 Å². The number of rotatable bonds is 18. The van der Waals surface area contributed by atoms with Gasteiger partial charge in [0.15, 0.2) is 11.5 Å². The first-order chi connectivity index (χ1) is 18.0. The molecule has 2 heterocycles. The number of carbonyl (C=O) groups excluding carboxylic acids is 2. The molecule has 1 aromatic carbocycles. The molecule has 3 rings (SSSR count). The highest BCUT2D eigenvalue weighted by atomic mass is 16.5. The van der Waals surface area contributed by atoms with E-state index in [9.17, 15) is 9.59 Å². The van der Waals surface area contributed by atoms with Gasteiger partial charge < -0.3 is 10.1 Å². The number of fused-ring (bicyclic) bond motifs is 1. The van der Waals surface area contributed by atoms with Crippen molar-refractivity contribution in [2.45, 2.75) is 104 Å². The molecule has 0 radical (unpaired) electrons. The number of aryl methyl sites for hydroxylation is 1. The highest BCUT2D eigenvalue weighted by molar-refractivity contribution is 5.92. The Morgan fingerprint density at radius 3 is 2.14 bits per heavy atom.